The van der Waals surface area contributed by atoms with Gasteiger partial charge in [0.05, 0.1) is 6.54 Å². The number of rotatable bonds is 8. The molecule has 1 saturated heterocycles. The van der Waals surface area contributed by atoms with Crippen LogP contribution in [0.3, 0.4) is 0 Å². The van der Waals surface area contributed by atoms with Crippen molar-refractivity contribution in [2.24, 2.45) is 10.7 Å². The SMILES string of the molecule is CCNC(=NCc1cccc(OCC(N)=O)c1)NC1CCN(C(C)C)CC1. The van der Waals surface area contributed by atoms with E-state index >= 15 is 0 Å². The highest BCUT2D eigenvalue weighted by Crippen LogP contribution is 2.15. The average molecular weight is 376 g/mol. The number of piperidine rings is 1. The van der Waals surface area contributed by atoms with Crippen LogP contribution in [0.2, 0.25) is 0 Å². The minimum atomic E-state index is -0.486. The first kappa shape index (κ1) is 21.0. The van der Waals surface area contributed by atoms with Crippen LogP contribution >= 0.6 is 0 Å². The van der Waals surface area contributed by atoms with Gasteiger partial charge >= 0.3 is 0 Å². The fourth-order valence-electron chi connectivity index (χ4n) is 3.13. The Morgan fingerprint density at radius 3 is 2.74 bits per heavy atom. The third kappa shape index (κ3) is 7.46. The van der Waals surface area contributed by atoms with Gasteiger partial charge in [-0.3, -0.25) is 4.79 Å². The Morgan fingerprint density at radius 1 is 1.37 bits per heavy atom. The molecule has 2 rings (SSSR count). The van der Waals surface area contributed by atoms with Gasteiger partial charge in [0.1, 0.15) is 5.75 Å². The summed E-state index contributed by atoms with van der Waals surface area (Å²) in [7, 11) is 0. The van der Waals surface area contributed by atoms with Crippen LogP contribution in [-0.2, 0) is 11.3 Å². The molecule has 7 nitrogen and oxygen atoms in total. The number of aliphatic imine (C=N–C) groups is 1. The maximum absolute atomic E-state index is 10.8. The standard InChI is InChI=1S/C20H33N5O2/c1-4-22-20(24-17-8-10-25(11-9-17)15(2)3)23-13-16-6-5-7-18(12-16)27-14-19(21)26/h5-7,12,15,17H,4,8-11,13-14H2,1-3H3,(H2,21,26)(H2,22,23,24). The molecule has 0 atom stereocenters. The maximum Gasteiger partial charge on any atom is 0.255 e. The van der Waals surface area contributed by atoms with E-state index in [0.29, 0.717) is 24.4 Å². The van der Waals surface area contributed by atoms with Crippen LogP contribution in [0.25, 0.3) is 0 Å². The first-order chi connectivity index (χ1) is 13.0. The third-order valence-electron chi connectivity index (χ3n) is 4.64. The average Bonchev–Trinajstić information content (AvgIpc) is 2.65. The van der Waals surface area contributed by atoms with Crippen LogP contribution in [-0.4, -0.2) is 55.1 Å². The number of benzene rings is 1. The summed E-state index contributed by atoms with van der Waals surface area (Å²) in [5.41, 5.74) is 6.14. The quantitative estimate of drug-likeness (QED) is 0.473. The fourth-order valence-corrected chi connectivity index (χ4v) is 3.13. The van der Waals surface area contributed by atoms with E-state index in [4.69, 9.17) is 15.5 Å². The first-order valence-corrected chi connectivity index (χ1v) is 9.77. The number of nitrogens with zero attached hydrogens (tertiary/aromatic N) is 2. The Labute approximate surface area is 162 Å². The molecule has 0 bridgehead atoms. The molecule has 0 spiro atoms. The molecule has 1 aliphatic rings. The topological polar surface area (TPSA) is 92.0 Å². The first-order valence-electron chi connectivity index (χ1n) is 9.77. The number of nitrogens with two attached hydrogens (primary N) is 1. The minimum Gasteiger partial charge on any atom is -0.484 e. The smallest absolute Gasteiger partial charge is 0.255 e. The minimum absolute atomic E-state index is 0.119. The van der Waals surface area contributed by atoms with Gasteiger partial charge in [0, 0.05) is 31.7 Å². The van der Waals surface area contributed by atoms with Gasteiger partial charge in [-0.25, -0.2) is 4.99 Å². The van der Waals surface area contributed by atoms with E-state index < -0.39 is 5.91 Å². The zero-order valence-corrected chi connectivity index (χ0v) is 16.7. The molecule has 0 radical (unpaired) electrons. The lowest BCUT2D eigenvalue weighted by molar-refractivity contribution is -0.119. The van der Waals surface area contributed by atoms with Crippen molar-refractivity contribution < 1.29 is 9.53 Å². The number of primary amides is 1. The molecule has 1 aliphatic heterocycles. The Bertz CT molecular complexity index is 625. The molecule has 1 heterocycles. The summed E-state index contributed by atoms with van der Waals surface area (Å²) in [4.78, 5) is 18.1. The highest BCUT2D eigenvalue weighted by molar-refractivity contribution is 5.80. The van der Waals surface area contributed by atoms with Crippen molar-refractivity contribution in [1.82, 2.24) is 15.5 Å². The fraction of sp³-hybridized carbons (Fsp3) is 0.600. The second-order valence-electron chi connectivity index (χ2n) is 7.15. The van der Waals surface area contributed by atoms with Crippen molar-refractivity contribution >= 4 is 11.9 Å². The van der Waals surface area contributed by atoms with Gasteiger partial charge in [-0.2, -0.15) is 0 Å². The van der Waals surface area contributed by atoms with Crippen LogP contribution < -0.4 is 21.1 Å². The lowest BCUT2D eigenvalue weighted by Crippen LogP contribution is -2.49. The van der Waals surface area contributed by atoms with Crippen molar-refractivity contribution in [2.75, 3.05) is 26.2 Å². The molecule has 0 aromatic heterocycles. The molecular weight excluding hydrogens is 342 g/mol. The van der Waals surface area contributed by atoms with Crippen molar-refractivity contribution in [3.8, 4) is 5.75 Å². The molecule has 1 aromatic rings. The monoisotopic (exact) mass is 375 g/mol. The highest BCUT2D eigenvalue weighted by atomic mass is 16.5. The van der Waals surface area contributed by atoms with Gasteiger partial charge in [-0.15, -0.1) is 0 Å². The molecule has 0 saturated carbocycles. The number of carbonyl (C=O) groups is 1. The van der Waals surface area contributed by atoms with E-state index in [1.54, 1.807) is 0 Å². The van der Waals surface area contributed by atoms with Gasteiger partial charge in [0.25, 0.3) is 5.91 Å². The van der Waals surface area contributed by atoms with Crippen molar-refractivity contribution in [2.45, 2.75) is 52.2 Å². The molecule has 0 aliphatic carbocycles. The van der Waals surface area contributed by atoms with Crippen LogP contribution in [0.4, 0.5) is 0 Å². The van der Waals surface area contributed by atoms with Crippen molar-refractivity contribution in [1.29, 1.82) is 0 Å². The Hall–Kier alpha value is -2.28. The van der Waals surface area contributed by atoms with Gasteiger partial charge in [-0.1, -0.05) is 12.1 Å². The van der Waals surface area contributed by atoms with Crippen LogP contribution in [0, 0.1) is 0 Å². The van der Waals surface area contributed by atoms with Crippen LogP contribution in [0.1, 0.15) is 39.2 Å². The molecule has 1 amide bonds. The zero-order valence-electron chi connectivity index (χ0n) is 16.7. The van der Waals surface area contributed by atoms with E-state index in [9.17, 15) is 4.79 Å². The molecule has 1 aromatic carbocycles. The maximum atomic E-state index is 10.8. The second kappa shape index (κ2) is 10.8. The van der Waals surface area contributed by atoms with Gasteiger partial charge < -0.3 is 26.0 Å². The number of ether oxygens (including phenoxy) is 1. The lowest BCUT2D eigenvalue weighted by Gasteiger charge is -2.35. The number of nitrogens with one attached hydrogen (secondary N) is 2. The Balaban J connectivity index is 1.91. The summed E-state index contributed by atoms with van der Waals surface area (Å²) in [6, 6.07) is 8.63. The predicted octanol–water partition coefficient (Wildman–Crippen LogP) is 1.48. The van der Waals surface area contributed by atoms with Crippen LogP contribution in [0.15, 0.2) is 29.3 Å². The van der Waals surface area contributed by atoms with E-state index in [-0.39, 0.29) is 6.61 Å². The van der Waals surface area contributed by atoms with E-state index in [1.807, 2.05) is 24.3 Å². The molecular formula is C20H33N5O2. The number of hydrogen-bond donors (Lipinski definition) is 3. The summed E-state index contributed by atoms with van der Waals surface area (Å²) in [6.07, 6.45) is 2.25. The summed E-state index contributed by atoms with van der Waals surface area (Å²) in [5.74, 6) is 0.977. The molecule has 4 N–H and O–H groups in total. The number of hydrogen-bond acceptors (Lipinski definition) is 4. The third-order valence-corrected chi connectivity index (χ3v) is 4.64. The second-order valence-corrected chi connectivity index (χ2v) is 7.15. The summed E-state index contributed by atoms with van der Waals surface area (Å²) >= 11 is 0. The highest BCUT2D eigenvalue weighted by Gasteiger charge is 2.21. The number of likely N-dealkylation sites (tertiary alicyclic amines) is 1. The van der Waals surface area contributed by atoms with Crippen molar-refractivity contribution in [3.05, 3.63) is 29.8 Å². The van der Waals surface area contributed by atoms with Crippen molar-refractivity contribution in [3.63, 3.8) is 0 Å². The predicted molar refractivity (Wildman–Crippen MR) is 109 cm³/mol. The summed E-state index contributed by atoms with van der Waals surface area (Å²) in [5, 5.41) is 6.88. The number of amides is 1. The Kier molecular flexibility index (Phi) is 8.39. The zero-order chi connectivity index (χ0) is 19.6. The van der Waals surface area contributed by atoms with Gasteiger partial charge in [0.2, 0.25) is 0 Å². The van der Waals surface area contributed by atoms with E-state index in [0.717, 1.165) is 44.0 Å². The number of guanidine groups is 1. The summed E-state index contributed by atoms with van der Waals surface area (Å²) in [6.45, 7) is 10.0. The van der Waals surface area contributed by atoms with Gasteiger partial charge in [-0.05, 0) is 51.3 Å². The van der Waals surface area contributed by atoms with Crippen LogP contribution in [0.5, 0.6) is 5.75 Å². The number of carbonyl (C=O) groups excluding carboxylic acids is 1. The normalized spacial score (nSPS) is 16.4. The molecule has 0 unspecified atom stereocenters. The van der Waals surface area contributed by atoms with Gasteiger partial charge in [0.15, 0.2) is 12.6 Å². The molecule has 150 valence electrons. The molecule has 7 heteroatoms. The Morgan fingerprint density at radius 2 is 2.11 bits per heavy atom. The summed E-state index contributed by atoms with van der Waals surface area (Å²) < 4.78 is 5.35. The molecule has 27 heavy (non-hydrogen) atoms. The molecule has 1 fully saturated rings. The largest absolute Gasteiger partial charge is 0.484 e. The lowest BCUT2D eigenvalue weighted by atomic mass is 10.0. The van der Waals surface area contributed by atoms with E-state index in [1.165, 1.54) is 0 Å². The van der Waals surface area contributed by atoms with E-state index in [2.05, 4.69) is 36.3 Å².